The normalized spacial score (nSPS) is 34.8. The summed E-state index contributed by atoms with van der Waals surface area (Å²) in [5.41, 5.74) is 2.19. The molecule has 0 aromatic heterocycles. The van der Waals surface area contributed by atoms with Gasteiger partial charge in [0.05, 0.1) is 0 Å². The number of fused-ring (bicyclic) bond motifs is 1. The molecule has 0 radical (unpaired) electrons. The van der Waals surface area contributed by atoms with Crippen LogP contribution in [-0.4, -0.2) is 4.86 Å². The summed E-state index contributed by atoms with van der Waals surface area (Å²) in [5.74, 6) is 1.79. The molecule has 0 amide bonds. The molecule has 3 aliphatic rings. The lowest BCUT2D eigenvalue weighted by atomic mass is 9.48. The highest BCUT2D eigenvalue weighted by Gasteiger charge is 2.50. The van der Waals surface area contributed by atoms with Gasteiger partial charge in [-0.25, -0.2) is 0 Å². The molecule has 0 aliphatic heterocycles. The van der Waals surface area contributed by atoms with Gasteiger partial charge >= 0.3 is 0 Å². The molecule has 2 bridgehead atoms. The Hall–Kier alpha value is -0.170. The van der Waals surface area contributed by atoms with E-state index in [9.17, 15) is 0 Å². The van der Waals surface area contributed by atoms with E-state index in [2.05, 4.69) is 26.8 Å². The van der Waals surface area contributed by atoms with E-state index >= 15 is 0 Å². The van der Waals surface area contributed by atoms with Gasteiger partial charge in [-0.3, -0.25) is 0 Å². The Labute approximate surface area is 86.4 Å². The van der Waals surface area contributed by atoms with Gasteiger partial charge in [-0.2, -0.15) is 0 Å². The molecule has 72 valence electrons. The zero-order chi connectivity index (χ0) is 9.64. The average Bonchev–Trinajstić information content (AvgIpc) is 2.03. The SMILES string of the molecule is CC(=S)CC1=CCC2CC1C2(C)C. The number of hydrogen-bond donors (Lipinski definition) is 0. The lowest BCUT2D eigenvalue weighted by molar-refractivity contribution is -0.00678. The molecule has 1 fully saturated rings. The Balaban J connectivity index is 2.14. The van der Waals surface area contributed by atoms with Crippen molar-refractivity contribution in [3.63, 3.8) is 0 Å². The van der Waals surface area contributed by atoms with Crippen molar-refractivity contribution in [1.82, 2.24) is 0 Å². The monoisotopic (exact) mass is 194 g/mol. The fourth-order valence-corrected chi connectivity index (χ4v) is 3.13. The number of rotatable bonds is 2. The lowest BCUT2D eigenvalue weighted by Crippen LogP contribution is -2.48. The molecule has 0 aromatic carbocycles. The molecule has 0 spiro atoms. The molecule has 1 heteroatoms. The standard InChI is InChI=1S/C12H18S/c1-8(13)6-9-4-5-10-7-11(9)12(10,2)3/h4,10-11H,5-7H2,1-3H3. The Morgan fingerprint density at radius 1 is 1.62 bits per heavy atom. The van der Waals surface area contributed by atoms with E-state index in [4.69, 9.17) is 12.2 Å². The van der Waals surface area contributed by atoms with Gasteiger partial charge in [0.15, 0.2) is 0 Å². The van der Waals surface area contributed by atoms with E-state index in [1.165, 1.54) is 12.8 Å². The second kappa shape index (κ2) is 2.91. The quantitative estimate of drug-likeness (QED) is 0.476. The van der Waals surface area contributed by atoms with Crippen molar-refractivity contribution < 1.29 is 0 Å². The van der Waals surface area contributed by atoms with Crippen LogP contribution in [0, 0.1) is 17.3 Å². The van der Waals surface area contributed by atoms with Crippen molar-refractivity contribution in [1.29, 1.82) is 0 Å². The molecule has 2 atom stereocenters. The minimum atomic E-state index is 0.564. The van der Waals surface area contributed by atoms with Crippen LogP contribution in [0.15, 0.2) is 11.6 Å². The van der Waals surface area contributed by atoms with Crippen LogP contribution < -0.4 is 0 Å². The molecular weight excluding hydrogens is 176 g/mol. The van der Waals surface area contributed by atoms with Gasteiger partial charge in [0.2, 0.25) is 0 Å². The van der Waals surface area contributed by atoms with E-state index in [0.717, 1.165) is 23.1 Å². The third kappa shape index (κ3) is 1.38. The molecule has 0 heterocycles. The molecule has 13 heavy (non-hydrogen) atoms. The second-order valence-corrected chi connectivity index (χ2v) is 5.90. The van der Waals surface area contributed by atoms with Crippen molar-refractivity contribution >= 4 is 17.1 Å². The first-order chi connectivity index (χ1) is 6.01. The van der Waals surface area contributed by atoms with Crippen LogP contribution in [-0.2, 0) is 0 Å². The Kier molecular flexibility index (Phi) is 2.10. The molecule has 1 saturated carbocycles. The predicted molar refractivity (Wildman–Crippen MR) is 61.0 cm³/mol. The van der Waals surface area contributed by atoms with Crippen molar-refractivity contribution in [2.24, 2.45) is 17.3 Å². The van der Waals surface area contributed by atoms with Crippen molar-refractivity contribution in [2.45, 2.75) is 40.0 Å². The van der Waals surface area contributed by atoms with Gasteiger partial charge < -0.3 is 0 Å². The first kappa shape index (κ1) is 9.39. The van der Waals surface area contributed by atoms with Crippen molar-refractivity contribution in [2.75, 3.05) is 0 Å². The zero-order valence-electron chi connectivity index (χ0n) is 8.76. The summed E-state index contributed by atoms with van der Waals surface area (Å²) in [6.45, 7) is 6.89. The second-order valence-electron chi connectivity index (χ2n) is 5.20. The third-order valence-electron chi connectivity index (χ3n) is 4.04. The molecule has 3 rings (SSSR count). The smallest absolute Gasteiger partial charge is 0.000299 e. The van der Waals surface area contributed by atoms with Crippen molar-refractivity contribution in [3.05, 3.63) is 11.6 Å². The first-order valence-corrected chi connectivity index (χ1v) is 5.61. The molecule has 2 unspecified atom stereocenters. The van der Waals surface area contributed by atoms with Crippen LogP contribution in [0.5, 0.6) is 0 Å². The molecule has 0 saturated heterocycles. The first-order valence-electron chi connectivity index (χ1n) is 5.20. The molecular formula is C12H18S. The molecule has 3 aliphatic carbocycles. The minimum Gasteiger partial charge on any atom is -0.0896 e. The van der Waals surface area contributed by atoms with Crippen LogP contribution in [0.25, 0.3) is 0 Å². The lowest BCUT2D eigenvalue weighted by Gasteiger charge is -2.56. The van der Waals surface area contributed by atoms with E-state index in [-0.39, 0.29) is 0 Å². The highest BCUT2D eigenvalue weighted by atomic mass is 32.1. The van der Waals surface area contributed by atoms with Gasteiger partial charge in [0.1, 0.15) is 0 Å². The van der Waals surface area contributed by atoms with Crippen LogP contribution >= 0.6 is 12.2 Å². The van der Waals surface area contributed by atoms with Gasteiger partial charge in [-0.1, -0.05) is 37.7 Å². The van der Waals surface area contributed by atoms with Gasteiger partial charge in [-0.15, -0.1) is 0 Å². The van der Waals surface area contributed by atoms with E-state index < -0.39 is 0 Å². The van der Waals surface area contributed by atoms with Gasteiger partial charge in [-0.05, 0) is 48.3 Å². The van der Waals surface area contributed by atoms with Crippen LogP contribution in [0.2, 0.25) is 0 Å². The zero-order valence-corrected chi connectivity index (χ0v) is 9.58. The maximum Gasteiger partial charge on any atom is -0.000299 e. The number of hydrogen-bond acceptors (Lipinski definition) is 1. The average molecular weight is 194 g/mol. The van der Waals surface area contributed by atoms with Crippen molar-refractivity contribution in [3.8, 4) is 0 Å². The highest BCUT2D eigenvalue weighted by molar-refractivity contribution is 7.80. The number of thiocarbonyl (C=S) groups is 1. The van der Waals surface area contributed by atoms with Gasteiger partial charge in [0.25, 0.3) is 0 Å². The van der Waals surface area contributed by atoms with Crippen LogP contribution in [0.1, 0.15) is 40.0 Å². The summed E-state index contributed by atoms with van der Waals surface area (Å²) in [7, 11) is 0. The largest absolute Gasteiger partial charge is 0.0896 e. The predicted octanol–water partition coefficient (Wildman–Crippen LogP) is 3.76. The summed E-state index contributed by atoms with van der Waals surface area (Å²) in [4.78, 5) is 1.15. The van der Waals surface area contributed by atoms with Crippen LogP contribution in [0.3, 0.4) is 0 Å². The van der Waals surface area contributed by atoms with Gasteiger partial charge in [0, 0.05) is 0 Å². The van der Waals surface area contributed by atoms with E-state index in [0.29, 0.717) is 5.41 Å². The fraction of sp³-hybridized carbons (Fsp3) is 0.750. The summed E-state index contributed by atoms with van der Waals surface area (Å²) < 4.78 is 0. The summed E-state index contributed by atoms with van der Waals surface area (Å²) in [6, 6.07) is 0. The fourth-order valence-electron chi connectivity index (χ4n) is 2.96. The summed E-state index contributed by atoms with van der Waals surface area (Å²) >= 11 is 5.18. The number of allylic oxidation sites excluding steroid dienone is 2. The summed E-state index contributed by atoms with van der Waals surface area (Å²) in [6.07, 6.45) is 6.22. The molecule has 0 N–H and O–H groups in total. The maximum absolute atomic E-state index is 5.18. The van der Waals surface area contributed by atoms with Crippen LogP contribution in [0.4, 0.5) is 0 Å². The maximum atomic E-state index is 5.18. The Bertz CT molecular complexity index is 273. The topological polar surface area (TPSA) is 0 Å². The summed E-state index contributed by atoms with van der Waals surface area (Å²) in [5, 5.41) is 0. The Morgan fingerprint density at radius 2 is 2.31 bits per heavy atom. The third-order valence-corrected chi connectivity index (χ3v) is 4.18. The molecule has 0 nitrogen and oxygen atoms in total. The minimum absolute atomic E-state index is 0.564. The Morgan fingerprint density at radius 3 is 2.77 bits per heavy atom. The highest BCUT2D eigenvalue weighted by Crippen LogP contribution is 2.59. The van der Waals surface area contributed by atoms with E-state index in [1.54, 1.807) is 5.57 Å². The molecule has 0 aromatic rings. The van der Waals surface area contributed by atoms with E-state index in [1.807, 2.05) is 0 Å².